The van der Waals surface area contributed by atoms with Crippen molar-refractivity contribution in [3.63, 3.8) is 0 Å². The maximum absolute atomic E-state index is 14.4. The number of imidazole rings is 1. The minimum absolute atomic E-state index is 0.0577. The first-order chi connectivity index (χ1) is 22.0. The molecule has 2 aromatic carbocycles. The lowest BCUT2D eigenvalue weighted by molar-refractivity contribution is -0.0893. The smallest absolute Gasteiger partial charge is 0.275 e. The number of carbonyl (C=O) groups is 1. The predicted molar refractivity (Wildman–Crippen MR) is 171 cm³/mol. The highest BCUT2D eigenvalue weighted by Crippen LogP contribution is 2.42. The van der Waals surface area contributed by atoms with Gasteiger partial charge in [-0.05, 0) is 44.7 Å². The molecule has 1 aliphatic heterocycles. The number of piperazine rings is 1. The first-order valence-corrected chi connectivity index (χ1v) is 16.3. The Morgan fingerprint density at radius 1 is 1.16 bits per heavy atom. The van der Waals surface area contributed by atoms with Crippen LogP contribution in [-0.2, 0) is 4.74 Å². The summed E-state index contributed by atoms with van der Waals surface area (Å²) in [6.07, 6.45) is 8.06. The zero-order valence-electron chi connectivity index (χ0n) is 26.2. The van der Waals surface area contributed by atoms with Crippen molar-refractivity contribution in [3.8, 4) is 17.0 Å². The number of nitrogens with one attached hydrogen (secondary N) is 1. The Labute approximate surface area is 263 Å². The minimum Gasteiger partial charge on any atom is -0.493 e. The van der Waals surface area contributed by atoms with E-state index < -0.39 is 5.60 Å². The number of methoxy groups -OCH3 is 1. The number of fused-ring (bicyclic) bond motifs is 1. The van der Waals surface area contributed by atoms with Gasteiger partial charge in [-0.3, -0.25) is 4.79 Å². The second-order valence-corrected chi connectivity index (χ2v) is 12.9. The van der Waals surface area contributed by atoms with E-state index in [-0.39, 0.29) is 24.6 Å². The Bertz CT molecular complexity index is 1640. The second-order valence-electron chi connectivity index (χ2n) is 12.9. The highest BCUT2D eigenvalue weighted by Gasteiger charge is 2.42. The van der Waals surface area contributed by atoms with Crippen LogP contribution < -0.4 is 10.1 Å². The van der Waals surface area contributed by atoms with E-state index in [1.807, 2.05) is 58.9 Å². The van der Waals surface area contributed by atoms with E-state index in [0.717, 1.165) is 71.7 Å². The van der Waals surface area contributed by atoms with Gasteiger partial charge in [-0.2, -0.15) is 0 Å². The number of aliphatic hydroxyl groups is 1. The van der Waals surface area contributed by atoms with Crippen LogP contribution in [0.25, 0.3) is 22.4 Å². The Balaban J connectivity index is 1.12. The molecule has 10 nitrogen and oxygen atoms in total. The maximum atomic E-state index is 14.4. The largest absolute Gasteiger partial charge is 0.493 e. The molecule has 0 spiro atoms. The summed E-state index contributed by atoms with van der Waals surface area (Å²) in [5, 5.41) is 15.1. The average Bonchev–Trinajstić information content (AvgIpc) is 3.66. The molecule has 3 aliphatic rings. The molecule has 4 aromatic rings. The van der Waals surface area contributed by atoms with E-state index in [1.165, 1.54) is 0 Å². The van der Waals surface area contributed by atoms with Crippen LogP contribution in [0.1, 0.15) is 78.8 Å². The summed E-state index contributed by atoms with van der Waals surface area (Å²) in [6, 6.07) is 13.5. The molecule has 2 aliphatic carbocycles. The molecular formula is C35H43N5O5. The number of carbonyl (C=O) groups excluding carboxylic acids is 1. The Morgan fingerprint density at radius 2 is 2.00 bits per heavy atom. The van der Waals surface area contributed by atoms with Crippen molar-refractivity contribution >= 4 is 17.0 Å². The maximum Gasteiger partial charge on any atom is 0.275 e. The zero-order valence-corrected chi connectivity index (χ0v) is 26.2. The number of ether oxygens (including phenoxy) is 2. The molecule has 0 radical (unpaired) electrons. The number of amides is 1. The molecular weight excluding hydrogens is 570 g/mol. The SMILES string of the molecule is COC[C@]1(O)CCCC[C@H]1n1cnc(C(=O)N2CCNC[C@H]2CCOc2ccc3oc(C4CC4)nc3c2C)c1-c1ccccc1. The first kappa shape index (κ1) is 30.0. The van der Waals surface area contributed by atoms with Gasteiger partial charge < -0.3 is 33.8 Å². The summed E-state index contributed by atoms with van der Waals surface area (Å²) in [5.41, 5.74) is 3.69. The van der Waals surface area contributed by atoms with Gasteiger partial charge in [-0.15, -0.1) is 0 Å². The van der Waals surface area contributed by atoms with Crippen LogP contribution in [0, 0.1) is 6.92 Å². The molecule has 0 bridgehead atoms. The summed E-state index contributed by atoms with van der Waals surface area (Å²) < 4.78 is 19.7. The molecule has 2 aromatic heterocycles. The Hall–Kier alpha value is -3.73. The van der Waals surface area contributed by atoms with Crippen molar-refractivity contribution in [3.05, 3.63) is 65.9 Å². The summed E-state index contributed by atoms with van der Waals surface area (Å²) in [7, 11) is 1.62. The van der Waals surface area contributed by atoms with Crippen LogP contribution in [0.15, 0.2) is 53.2 Å². The summed E-state index contributed by atoms with van der Waals surface area (Å²) in [4.78, 5) is 25.8. The van der Waals surface area contributed by atoms with Gasteiger partial charge in [-0.25, -0.2) is 9.97 Å². The van der Waals surface area contributed by atoms with Gasteiger partial charge in [0.05, 0.1) is 31.3 Å². The number of nitrogens with zero attached hydrogens (tertiary/aromatic N) is 4. The normalized spacial score (nSPS) is 23.8. The van der Waals surface area contributed by atoms with Gasteiger partial charge in [0, 0.05) is 56.3 Å². The van der Waals surface area contributed by atoms with E-state index in [4.69, 9.17) is 23.9 Å². The number of hydrogen-bond donors (Lipinski definition) is 2. The molecule has 10 heteroatoms. The average molecular weight is 614 g/mol. The molecule has 238 valence electrons. The van der Waals surface area contributed by atoms with Crippen LogP contribution in [0.2, 0.25) is 0 Å². The molecule has 7 rings (SSSR count). The fraction of sp³-hybridized carbons (Fsp3) is 0.514. The lowest BCUT2D eigenvalue weighted by Crippen LogP contribution is -2.54. The van der Waals surface area contributed by atoms with Gasteiger partial charge in [0.15, 0.2) is 17.2 Å². The highest BCUT2D eigenvalue weighted by atomic mass is 16.5. The van der Waals surface area contributed by atoms with Crippen LogP contribution in [0.5, 0.6) is 5.75 Å². The number of benzene rings is 2. The van der Waals surface area contributed by atoms with Gasteiger partial charge >= 0.3 is 0 Å². The van der Waals surface area contributed by atoms with Crippen molar-refractivity contribution < 1.29 is 23.8 Å². The number of hydrogen-bond acceptors (Lipinski definition) is 8. The lowest BCUT2D eigenvalue weighted by atomic mass is 9.80. The van der Waals surface area contributed by atoms with Gasteiger partial charge in [0.1, 0.15) is 16.9 Å². The van der Waals surface area contributed by atoms with Crippen molar-refractivity contribution in [2.75, 3.05) is 40.0 Å². The van der Waals surface area contributed by atoms with Crippen LogP contribution in [-0.4, -0.2) is 82.0 Å². The van der Waals surface area contributed by atoms with Gasteiger partial charge in [0.2, 0.25) is 0 Å². The van der Waals surface area contributed by atoms with Crippen LogP contribution in [0.3, 0.4) is 0 Å². The van der Waals surface area contributed by atoms with Gasteiger partial charge in [-0.1, -0.05) is 43.2 Å². The number of aryl methyl sites for hydroxylation is 1. The van der Waals surface area contributed by atoms with E-state index >= 15 is 0 Å². The molecule has 1 saturated heterocycles. The monoisotopic (exact) mass is 613 g/mol. The summed E-state index contributed by atoms with van der Waals surface area (Å²) in [5.74, 6) is 1.98. The summed E-state index contributed by atoms with van der Waals surface area (Å²) in [6.45, 7) is 4.69. The third kappa shape index (κ3) is 5.87. The molecule has 3 atom stereocenters. The van der Waals surface area contributed by atoms with E-state index in [9.17, 15) is 9.90 Å². The molecule has 3 fully saturated rings. The standard InChI is InChI=1S/C35H43N5O5/c1-23-27(13-14-28-30(23)38-33(45-28)25-11-12-25)44-19-15-26-20-36-17-18-39(26)34(41)31-32(24-8-4-3-5-9-24)40(22-37-31)29-10-6-7-16-35(29,42)21-43-2/h3-5,8-9,13-14,22,25-26,29,36,42H,6-7,10-12,15-21H2,1-2H3/t26-,29-,35-/m1/s1. The van der Waals surface area contributed by atoms with Crippen LogP contribution >= 0.6 is 0 Å². The van der Waals surface area contributed by atoms with Gasteiger partial charge in [0.25, 0.3) is 5.91 Å². The molecule has 2 N–H and O–H groups in total. The van der Waals surface area contributed by atoms with Crippen molar-refractivity contribution in [1.82, 2.24) is 24.8 Å². The fourth-order valence-electron chi connectivity index (χ4n) is 7.17. The molecule has 45 heavy (non-hydrogen) atoms. The topological polar surface area (TPSA) is 115 Å². The lowest BCUT2D eigenvalue weighted by Gasteiger charge is -2.41. The minimum atomic E-state index is -1.03. The quantitative estimate of drug-likeness (QED) is 0.249. The fourth-order valence-corrected chi connectivity index (χ4v) is 7.17. The molecule has 2 saturated carbocycles. The zero-order chi connectivity index (χ0) is 31.0. The van der Waals surface area contributed by atoms with Crippen molar-refractivity contribution in [1.29, 1.82) is 0 Å². The molecule has 1 amide bonds. The number of rotatable bonds is 10. The Morgan fingerprint density at radius 3 is 2.80 bits per heavy atom. The van der Waals surface area contributed by atoms with E-state index in [1.54, 1.807) is 13.4 Å². The van der Waals surface area contributed by atoms with Crippen LogP contribution in [0.4, 0.5) is 0 Å². The molecule has 0 unspecified atom stereocenters. The highest BCUT2D eigenvalue weighted by molar-refractivity contribution is 5.98. The number of aromatic nitrogens is 3. The predicted octanol–water partition coefficient (Wildman–Crippen LogP) is 5.25. The third-order valence-corrected chi connectivity index (χ3v) is 9.76. The molecule has 3 heterocycles. The number of oxazole rings is 1. The van der Waals surface area contributed by atoms with Crippen molar-refractivity contribution in [2.45, 2.75) is 75.5 Å². The van der Waals surface area contributed by atoms with E-state index in [0.29, 0.717) is 50.7 Å². The van der Waals surface area contributed by atoms with Crippen molar-refractivity contribution in [2.24, 2.45) is 0 Å². The summed E-state index contributed by atoms with van der Waals surface area (Å²) >= 11 is 0. The van der Waals surface area contributed by atoms with E-state index in [2.05, 4.69) is 5.32 Å². The first-order valence-electron chi connectivity index (χ1n) is 16.3. The third-order valence-electron chi connectivity index (χ3n) is 9.76. The second kappa shape index (κ2) is 12.6. The Kier molecular flexibility index (Phi) is 8.37.